The zero-order valence-electron chi connectivity index (χ0n) is 9.51. The highest BCUT2D eigenvalue weighted by molar-refractivity contribution is 7.79. The number of rotatable bonds is 2. The Hall–Kier alpha value is -0.290. The van der Waals surface area contributed by atoms with Crippen molar-refractivity contribution in [2.45, 2.75) is 39.8 Å². The second-order valence-corrected chi connectivity index (χ2v) is 4.10. The summed E-state index contributed by atoms with van der Waals surface area (Å²) in [5.41, 5.74) is 3.33. The van der Waals surface area contributed by atoms with E-state index in [-0.39, 0.29) is 0 Å². The molecule has 0 spiro atoms. The van der Waals surface area contributed by atoms with Crippen molar-refractivity contribution in [1.82, 2.24) is 0 Å². The third-order valence-electron chi connectivity index (χ3n) is 0.770. The minimum absolute atomic E-state index is 0.537. The highest BCUT2D eigenvalue weighted by atomic mass is 32.3. The second-order valence-electron chi connectivity index (χ2n) is 3.28. The molecule has 0 heterocycles. The molecule has 15 heavy (non-hydrogen) atoms. The number of hydrogen-bond donors (Lipinski definition) is 4. The summed E-state index contributed by atoms with van der Waals surface area (Å²) >= 11 is 0. The zero-order valence-corrected chi connectivity index (χ0v) is 10.3. The van der Waals surface area contributed by atoms with Crippen LogP contribution in [0.5, 0.6) is 0 Å². The Morgan fingerprint density at radius 2 is 1.00 bits per heavy atom. The van der Waals surface area contributed by atoms with Crippen LogP contribution in [0.25, 0.3) is 0 Å². The van der Waals surface area contributed by atoms with Crippen molar-refractivity contribution in [2.75, 3.05) is 0 Å². The Bertz CT molecular complexity index is 189. The molecule has 0 aliphatic carbocycles. The van der Waals surface area contributed by atoms with Crippen molar-refractivity contribution >= 4 is 10.4 Å². The summed E-state index contributed by atoms with van der Waals surface area (Å²) in [4.78, 5) is 0. The third-order valence-corrected chi connectivity index (χ3v) is 0.770. The van der Waals surface area contributed by atoms with E-state index in [4.69, 9.17) is 29.2 Å². The molecule has 0 aliphatic rings. The van der Waals surface area contributed by atoms with Crippen molar-refractivity contribution in [2.24, 2.45) is 11.7 Å². The lowest BCUT2D eigenvalue weighted by atomic mass is 10.4. The van der Waals surface area contributed by atoms with Gasteiger partial charge in [-0.2, -0.15) is 11.7 Å². The molecule has 0 aromatic heterocycles. The first-order valence-electron chi connectivity index (χ1n) is 4.31. The molecule has 0 atom stereocenters. The quantitative estimate of drug-likeness (QED) is 0.169. The topological polar surface area (TPSA) is 166 Å². The minimum atomic E-state index is -5.17. The normalized spacial score (nSPS) is 10.3. The summed E-state index contributed by atoms with van der Waals surface area (Å²) in [6.07, 6.45) is 0. The van der Waals surface area contributed by atoms with Crippen LogP contribution in [0.3, 0.4) is 0 Å². The maximum Gasteiger partial charge on any atom is 0.0973 e. The first-order chi connectivity index (χ1) is 6.54. The van der Waals surface area contributed by atoms with Gasteiger partial charge in [0.05, 0.1) is 12.1 Å². The van der Waals surface area contributed by atoms with Crippen molar-refractivity contribution in [1.29, 1.82) is 0 Å². The third kappa shape index (κ3) is 137. The van der Waals surface area contributed by atoms with E-state index < -0.39 is 10.4 Å². The van der Waals surface area contributed by atoms with Crippen LogP contribution in [0.4, 0.5) is 0 Å². The van der Waals surface area contributed by atoms with Gasteiger partial charge in [0.1, 0.15) is 0 Å². The minimum Gasteiger partial charge on any atom is -0.759 e. The van der Waals surface area contributed by atoms with E-state index in [9.17, 15) is 0 Å². The van der Waals surface area contributed by atoms with Gasteiger partial charge < -0.3 is 9.11 Å². The van der Waals surface area contributed by atoms with Crippen LogP contribution in [0.1, 0.15) is 27.7 Å². The van der Waals surface area contributed by atoms with E-state index >= 15 is 0 Å². The molecule has 0 fully saturated rings. The molecule has 0 rings (SSSR count). The largest absolute Gasteiger partial charge is 0.759 e. The molecule has 0 aromatic rings. The Morgan fingerprint density at radius 1 is 0.933 bits per heavy atom. The van der Waals surface area contributed by atoms with Crippen LogP contribution in [0.15, 0.2) is 0 Å². The van der Waals surface area contributed by atoms with E-state index in [1.807, 2.05) is 27.7 Å². The summed E-state index contributed by atoms with van der Waals surface area (Å²) in [6, 6.07) is 1.07. The molecule has 0 unspecified atom stereocenters. The van der Waals surface area contributed by atoms with Crippen LogP contribution in [0, 0.1) is 0 Å². The summed E-state index contributed by atoms with van der Waals surface area (Å²) < 4.78 is 34.1. The predicted octanol–water partition coefficient (Wildman–Crippen LogP) is -3.67. The van der Waals surface area contributed by atoms with Crippen LogP contribution in [-0.2, 0) is 10.4 Å². The van der Waals surface area contributed by atoms with Crippen LogP contribution in [0.2, 0.25) is 0 Å². The van der Waals surface area contributed by atoms with E-state index in [0.717, 1.165) is 0 Å². The van der Waals surface area contributed by atoms with Gasteiger partial charge in [0.2, 0.25) is 0 Å². The van der Waals surface area contributed by atoms with Crippen LogP contribution < -0.4 is 22.5 Å². The van der Waals surface area contributed by atoms with Gasteiger partial charge in [-0.05, 0) is 27.7 Å². The van der Waals surface area contributed by atoms with Gasteiger partial charge in [-0.15, -0.1) is 0 Å². The lowest BCUT2D eigenvalue weighted by molar-refractivity contribution is -0.695. The van der Waals surface area contributed by atoms with Gasteiger partial charge in [0.25, 0.3) is 0 Å². The van der Waals surface area contributed by atoms with Crippen LogP contribution in [-0.4, -0.2) is 29.6 Å². The van der Waals surface area contributed by atoms with E-state index in [1.54, 1.807) is 10.9 Å². The monoisotopic (exact) mass is 246 g/mol. The van der Waals surface area contributed by atoms with Gasteiger partial charge in [-0.25, -0.2) is 0 Å². The van der Waals surface area contributed by atoms with Crippen molar-refractivity contribution < 1.29 is 28.4 Å². The van der Waals surface area contributed by atoms with Gasteiger partial charge in [0, 0.05) is 10.4 Å². The summed E-state index contributed by atoms with van der Waals surface area (Å²) in [7, 11) is -5.17. The van der Waals surface area contributed by atoms with Crippen LogP contribution >= 0.6 is 0 Å². The maximum atomic E-state index is 8.52. The predicted molar refractivity (Wildman–Crippen MR) is 53.0 cm³/mol. The van der Waals surface area contributed by atoms with Gasteiger partial charge in [-0.1, -0.05) is 0 Å². The fraction of sp³-hybridized carbons (Fsp3) is 1.00. The summed E-state index contributed by atoms with van der Waals surface area (Å²) in [5.74, 6) is 10.1. The standard InChI is InChI=1S/2C3H10N2.H2O4S/c2*1-3(2)5-4;1-5(2,3)4/h2*3,5H,4H2,1-2H3;(H2,1,2,3,4). The lowest BCUT2D eigenvalue weighted by Gasteiger charge is -2.06. The molecule has 0 saturated carbocycles. The first kappa shape index (κ1) is 20.2. The number of nitrogens with two attached hydrogens (primary N) is 4. The Balaban J connectivity index is -0.000000144. The van der Waals surface area contributed by atoms with Gasteiger partial charge >= 0.3 is 0 Å². The van der Waals surface area contributed by atoms with Crippen molar-refractivity contribution in [3.8, 4) is 0 Å². The van der Waals surface area contributed by atoms with E-state index in [1.165, 1.54) is 0 Å². The molecule has 8 nitrogen and oxygen atoms in total. The molecular formula is C6H22N4O4S. The maximum absolute atomic E-state index is 8.52. The van der Waals surface area contributed by atoms with Crippen molar-refractivity contribution in [3.05, 3.63) is 0 Å². The second kappa shape index (κ2) is 11.8. The molecule has 0 amide bonds. The lowest BCUT2D eigenvalue weighted by Crippen LogP contribution is -2.95. The average Bonchev–Trinajstić information content (AvgIpc) is 2.02. The SMILES string of the molecule is CC(C)[NH2+]N.CC(C)[NH2+]N.O=S(=O)([O-])[O-]. The molecule has 0 bridgehead atoms. The Morgan fingerprint density at radius 3 is 1.00 bits per heavy atom. The molecule has 0 aromatic carbocycles. The molecule has 9 heteroatoms. The first-order valence-corrected chi connectivity index (χ1v) is 5.64. The average molecular weight is 246 g/mol. The highest BCUT2D eigenvalue weighted by Crippen LogP contribution is 1.57. The molecule has 0 saturated heterocycles. The smallest absolute Gasteiger partial charge is 0.0973 e. The fourth-order valence-corrected chi connectivity index (χ4v) is 0. The molecule has 0 aliphatic heterocycles. The number of quaternary nitrogens is 2. The van der Waals surface area contributed by atoms with Gasteiger partial charge in [-0.3, -0.25) is 19.3 Å². The fourth-order valence-electron chi connectivity index (χ4n) is 0. The molecule has 0 radical (unpaired) electrons. The Labute approximate surface area is 90.9 Å². The zero-order chi connectivity index (χ0) is 13.1. The van der Waals surface area contributed by atoms with Gasteiger partial charge in [0.15, 0.2) is 0 Å². The molecule has 8 N–H and O–H groups in total. The summed E-state index contributed by atoms with van der Waals surface area (Å²) in [6.45, 7) is 8.17. The molecular weight excluding hydrogens is 224 g/mol. The van der Waals surface area contributed by atoms with Crippen molar-refractivity contribution in [3.63, 3.8) is 0 Å². The number of hydrogen-bond acceptors (Lipinski definition) is 6. The molecule has 96 valence electrons. The highest BCUT2D eigenvalue weighted by Gasteiger charge is 1.83. The van der Waals surface area contributed by atoms with E-state index in [2.05, 4.69) is 0 Å². The van der Waals surface area contributed by atoms with E-state index in [0.29, 0.717) is 12.1 Å². The summed E-state index contributed by atoms with van der Waals surface area (Å²) in [5, 5.41) is 0. The Kier molecular flexibility index (Phi) is 15.8.